The minimum atomic E-state index is 0. The second kappa shape index (κ2) is 11.9. The van der Waals surface area contributed by atoms with Crippen molar-refractivity contribution < 1.29 is 0 Å². The van der Waals surface area contributed by atoms with Crippen molar-refractivity contribution >= 4 is 41.5 Å². The van der Waals surface area contributed by atoms with Crippen LogP contribution >= 0.6 is 35.6 Å². The Balaban J connectivity index is 0.00000312. The molecule has 1 heterocycles. The van der Waals surface area contributed by atoms with E-state index in [9.17, 15) is 0 Å². The number of hydrogen-bond acceptors (Lipinski definition) is 3. The van der Waals surface area contributed by atoms with E-state index in [-0.39, 0.29) is 24.0 Å². The molecule has 1 aromatic carbocycles. The molecule has 2 N–H and O–H groups in total. The lowest BCUT2D eigenvalue weighted by molar-refractivity contribution is 0.139. The van der Waals surface area contributed by atoms with Crippen LogP contribution in [0.1, 0.15) is 12.5 Å². The maximum atomic E-state index is 6.19. The molecule has 7 heteroatoms. The lowest BCUT2D eigenvalue weighted by atomic mass is 10.1. The molecule has 0 bridgehead atoms. The fourth-order valence-corrected chi connectivity index (χ4v) is 3.05. The molecule has 1 aliphatic heterocycles. The third-order valence-corrected chi connectivity index (χ3v) is 4.78. The molecule has 1 aromatic rings. The van der Waals surface area contributed by atoms with Gasteiger partial charge in [0.15, 0.2) is 5.96 Å². The molecule has 0 aliphatic carbocycles. The monoisotopic (exact) mass is 479 g/mol. The number of aliphatic imine (C=N–C) groups is 1. The number of nitrogens with zero attached hydrogens (tertiary/aromatic N) is 3. The fourth-order valence-electron chi connectivity index (χ4n) is 2.85. The third kappa shape index (κ3) is 8.11. The number of nitrogens with one attached hydrogen (secondary N) is 2. The summed E-state index contributed by atoms with van der Waals surface area (Å²) in [5.74, 6) is 1.40. The van der Waals surface area contributed by atoms with Gasteiger partial charge in [0.05, 0.1) is 0 Å². The van der Waals surface area contributed by atoms with Crippen molar-refractivity contribution in [3.05, 3.63) is 34.9 Å². The zero-order chi connectivity index (χ0) is 17.4. The smallest absolute Gasteiger partial charge is 0.191 e. The Kier molecular flexibility index (Phi) is 10.7. The molecule has 1 atom stereocenters. The van der Waals surface area contributed by atoms with Crippen molar-refractivity contribution in [1.82, 2.24) is 20.4 Å². The number of rotatable bonds is 6. The number of guanidine groups is 1. The van der Waals surface area contributed by atoms with Crippen molar-refractivity contribution in [3.8, 4) is 0 Å². The Morgan fingerprint density at radius 1 is 1.20 bits per heavy atom. The largest absolute Gasteiger partial charge is 0.356 e. The van der Waals surface area contributed by atoms with E-state index in [2.05, 4.69) is 39.4 Å². The second-order valence-corrected chi connectivity index (χ2v) is 7.01. The Morgan fingerprint density at radius 2 is 1.88 bits per heavy atom. The maximum Gasteiger partial charge on any atom is 0.191 e. The highest BCUT2D eigenvalue weighted by atomic mass is 127. The van der Waals surface area contributed by atoms with Crippen LogP contribution in [-0.4, -0.2) is 69.1 Å². The first kappa shape index (κ1) is 22.5. The summed E-state index contributed by atoms with van der Waals surface area (Å²) in [5, 5.41) is 7.52. The van der Waals surface area contributed by atoms with Crippen molar-refractivity contribution in [2.45, 2.75) is 13.5 Å². The quantitative estimate of drug-likeness (QED) is 0.374. The number of hydrogen-bond donors (Lipinski definition) is 2. The molecule has 1 unspecified atom stereocenters. The third-order valence-electron chi connectivity index (χ3n) is 4.41. The van der Waals surface area contributed by atoms with Crippen LogP contribution in [0.4, 0.5) is 0 Å². The summed E-state index contributed by atoms with van der Waals surface area (Å²) in [6.07, 6.45) is 0. The van der Waals surface area contributed by atoms with Crippen LogP contribution in [0, 0.1) is 5.92 Å². The highest BCUT2D eigenvalue weighted by Gasteiger charge is 2.16. The van der Waals surface area contributed by atoms with E-state index in [1.165, 1.54) is 26.2 Å². The minimum absolute atomic E-state index is 0. The van der Waals surface area contributed by atoms with E-state index in [0.29, 0.717) is 12.5 Å². The first-order chi connectivity index (χ1) is 11.6. The summed E-state index contributed by atoms with van der Waals surface area (Å²) in [4.78, 5) is 9.23. The SMILES string of the molecule is CN=C(NCc1ccccc1Cl)NCC(C)CN1CCN(C)CC1.I. The summed E-state index contributed by atoms with van der Waals surface area (Å²) in [6.45, 7) is 9.67. The molecule has 0 saturated carbocycles. The van der Waals surface area contributed by atoms with Crippen LogP contribution in [0.5, 0.6) is 0 Å². The van der Waals surface area contributed by atoms with Gasteiger partial charge in [0, 0.05) is 57.9 Å². The first-order valence-corrected chi connectivity index (χ1v) is 9.05. The van der Waals surface area contributed by atoms with Gasteiger partial charge in [-0.05, 0) is 24.6 Å². The molecule has 1 aliphatic rings. The zero-order valence-electron chi connectivity index (χ0n) is 15.5. The Morgan fingerprint density at radius 3 is 2.52 bits per heavy atom. The molecule has 0 spiro atoms. The average molecular weight is 480 g/mol. The summed E-state index contributed by atoms with van der Waals surface area (Å²) in [6, 6.07) is 7.88. The number of piperazine rings is 1. The predicted octanol–water partition coefficient (Wildman–Crippen LogP) is 2.51. The van der Waals surface area contributed by atoms with Gasteiger partial charge in [0.25, 0.3) is 0 Å². The lowest BCUT2D eigenvalue weighted by Gasteiger charge is -2.34. The molecule has 0 radical (unpaired) electrons. The second-order valence-electron chi connectivity index (χ2n) is 6.61. The topological polar surface area (TPSA) is 42.9 Å². The molecule has 2 rings (SSSR count). The Labute approximate surface area is 174 Å². The van der Waals surface area contributed by atoms with Gasteiger partial charge in [-0.1, -0.05) is 36.7 Å². The highest BCUT2D eigenvalue weighted by Crippen LogP contribution is 2.14. The average Bonchev–Trinajstić information content (AvgIpc) is 2.58. The predicted molar refractivity (Wildman–Crippen MR) is 118 cm³/mol. The van der Waals surface area contributed by atoms with Crippen molar-refractivity contribution in [2.75, 3.05) is 53.4 Å². The molecule has 25 heavy (non-hydrogen) atoms. The van der Waals surface area contributed by atoms with Crippen LogP contribution in [0.25, 0.3) is 0 Å². The van der Waals surface area contributed by atoms with Gasteiger partial charge in [-0.3, -0.25) is 4.99 Å². The standard InChI is InChI=1S/C18H30ClN5.HI/c1-15(14-24-10-8-23(3)9-11-24)12-21-18(20-2)22-13-16-6-4-5-7-17(16)19;/h4-7,15H,8-14H2,1-3H3,(H2,20,21,22);1H. The first-order valence-electron chi connectivity index (χ1n) is 8.67. The molecule has 142 valence electrons. The van der Waals surface area contributed by atoms with Crippen LogP contribution in [0.2, 0.25) is 5.02 Å². The number of halogens is 2. The highest BCUT2D eigenvalue weighted by molar-refractivity contribution is 14.0. The van der Waals surface area contributed by atoms with Crippen LogP contribution in [-0.2, 0) is 6.54 Å². The molecular weight excluding hydrogens is 449 g/mol. The van der Waals surface area contributed by atoms with Gasteiger partial charge in [0.2, 0.25) is 0 Å². The fraction of sp³-hybridized carbons (Fsp3) is 0.611. The normalized spacial score (nSPS) is 17.7. The van der Waals surface area contributed by atoms with Gasteiger partial charge < -0.3 is 20.4 Å². The summed E-state index contributed by atoms with van der Waals surface area (Å²) in [5.41, 5.74) is 1.08. The van der Waals surface area contributed by atoms with E-state index >= 15 is 0 Å². The summed E-state index contributed by atoms with van der Waals surface area (Å²) < 4.78 is 0. The summed E-state index contributed by atoms with van der Waals surface area (Å²) in [7, 11) is 3.99. The molecule has 5 nitrogen and oxygen atoms in total. The number of likely N-dealkylation sites (N-methyl/N-ethyl adjacent to an activating group) is 1. The van der Waals surface area contributed by atoms with E-state index in [1.807, 2.05) is 24.3 Å². The Hall–Kier alpha value is -0.570. The molecule has 0 aromatic heterocycles. The van der Waals surface area contributed by atoms with E-state index in [4.69, 9.17) is 11.6 Å². The number of benzene rings is 1. The molecular formula is C18H31ClIN5. The molecule has 1 saturated heterocycles. The summed E-state index contributed by atoms with van der Waals surface area (Å²) >= 11 is 6.19. The van der Waals surface area contributed by atoms with Gasteiger partial charge in [0.1, 0.15) is 0 Å². The van der Waals surface area contributed by atoms with Gasteiger partial charge in [-0.25, -0.2) is 0 Å². The minimum Gasteiger partial charge on any atom is -0.356 e. The molecule has 1 fully saturated rings. The van der Waals surface area contributed by atoms with Gasteiger partial charge >= 0.3 is 0 Å². The molecule has 0 amide bonds. The maximum absolute atomic E-state index is 6.19. The zero-order valence-corrected chi connectivity index (χ0v) is 18.6. The van der Waals surface area contributed by atoms with Gasteiger partial charge in [-0.15, -0.1) is 24.0 Å². The van der Waals surface area contributed by atoms with Crippen molar-refractivity contribution in [1.29, 1.82) is 0 Å². The Bertz CT molecular complexity index is 532. The van der Waals surface area contributed by atoms with E-state index < -0.39 is 0 Å². The lowest BCUT2D eigenvalue weighted by Crippen LogP contribution is -2.47. The van der Waals surface area contributed by atoms with Crippen LogP contribution < -0.4 is 10.6 Å². The van der Waals surface area contributed by atoms with Gasteiger partial charge in [-0.2, -0.15) is 0 Å². The van der Waals surface area contributed by atoms with Crippen molar-refractivity contribution in [2.24, 2.45) is 10.9 Å². The van der Waals surface area contributed by atoms with E-state index in [0.717, 1.165) is 29.6 Å². The van der Waals surface area contributed by atoms with E-state index in [1.54, 1.807) is 7.05 Å². The van der Waals surface area contributed by atoms with Crippen LogP contribution in [0.15, 0.2) is 29.3 Å². The van der Waals surface area contributed by atoms with Crippen molar-refractivity contribution in [3.63, 3.8) is 0 Å². The van der Waals surface area contributed by atoms with Crippen LogP contribution in [0.3, 0.4) is 0 Å².